The summed E-state index contributed by atoms with van der Waals surface area (Å²) in [5, 5.41) is 6.16. The summed E-state index contributed by atoms with van der Waals surface area (Å²) in [6, 6.07) is 9.81. The molecule has 0 spiro atoms. The van der Waals surface area contributed by atoms with Gasteiger partial charge in [-0.15, -0.1) is 11.3 Å². The van der Waals surface area contributed by atoms with Gasteiger partial charge in [-0.25, -0.2) is 0 Å². The second kappa shape index (κ2) is 8.34. The fourth-order valence-electron chi connectivity index (χ4n) is 3.05. The van der Waals surface area contributed by atoms with E-state index in [2.05, 4.69) is 27.7 Å². The molecule has 1 aromatic heterocycles. The van der Waals surface area contributed by atoms with Crippen LogP contribution in [0.3, 0.4) is 0 Å². The van der Waals surface area contributed by atoms with Gasteiger partial charge in [0.1, 0.15) is 0 Å². The number of thiophene rings is 1. The van der Waals surface area contributed by atoms with E-state index in [4.69, 9.17) is 23.2 Å². The largest absolute Gasteiger partial charge is 0.354 e. The van der Waals surface area contributed by atoms with Crippen molar-refractivity contribution in [3.05, 3.63) is 56.2 Å². The lowest BCUT2D eigenvalue weighted by molar-refractivity contribution is -0.120. The SMILES string of the molecule is O=C(Cc1ccc(Cl)c(Cl)c1)NC[C@@H](c1cccs1)N1CCCC1. The van der Waals surface area contributed by atoms with Gasteiger partial charge in [-0.2, -0.15) is 0 Å². The van der Waals surface area contributed by atoms with Crippen LogP contribution in [0.15, 0.2) is 35.7 Å². The zero-order valence-electron chi connectivity index (χ0n) is 13.3. The fraction of sp³-hybridized carbons (Fsp3) is 0.389. The van der Waals surface area contributed by atoms with E-state index in [9.17, 15) is 4.79 Å². The third-order valence-electron chi connectivity index (χ3n) is 4.29. The number of benzene rings is 1. The molecule has 1 aliphatic rings. The van der Waals surface area contributed by atoms with Crippen molar-refractivity contribution in [2.45, 2.75) is 25.3 Å². The Hall–Kier alpha value is -1.07. The van der Waals surface area contributed by atoms with E-state index in [1.165, 1.54) is 17.7 Å². The number of halogens is 2. The van der Waals surface area contributed by atoms with Gasteiger partial charge in [0, 0.05) is 11.4 Å². The Kier molecular flexibility index (Phi) is 6.17. The van der Waals surface area contributed by atoms with Crippen LogP contribution in [0.1, 0.15) is 29.3 Å². The molecule has 24 heavy (non-hydrogen) atoms. The number of hydrogen-bond donors (Lipinski definition) is 1. The van der Waals surface area contributed by atoms with Gasteiger partial charge < -0.3 is 5.32 Å². The molecule has 1 atom stereocenters. The van der Waals surface area contributed by atoms with Crippen LogP contribution in [-0.4, -0.2) is 30.4 Å². The number of carbonyl (C=O) groups excluding carboxylic acids is 1. The minimum Gasteiger partial charge on any atom is -0.354 e. The van der Waals surface area contributed by atoms with Crippen molar-refractivity contribution in [1.29, 1.82) is 0 Å². The Morgan fingerprint density at radius 1 is 1.21 bits per heavy atom. The van der Waals surface area contributed by atoms with E-state index in [1.54, 1.807) is 23.5 Å². The lowest BCUT2D eigenvalue weighted by Crippen LogP contribution is -2.37. The van der Waals surface area contributed by atoms with Crippen LogP contribution in [0.2, 0.25) is 10.0 Å². The number of hydrogen-bond acceptors (Lipinski definition) is 3. The number of carbonyl (C=O) groups is 1. The van der Waals surface area contributed by atoms with E-state index in [0.29, 0.717) is 23.0 Å². The van der Waals surface area contributed by atoms with Crippen molar-refractivity contribution in [2.75, 3.05) is 19.6 Å². The van der Waals surface area contributed by atoms with Crippen LogP contribution < -0.4 is 5.32 Å². The first-order chi connectivity index (χ1) is 11.6. The Morgan fingerprint density at radius 2 is 2.00 bits per heavy atom. The van der Waals surface area contributed by atoms with Gasteiger partial charge in [-0.3, -0.25) is 9.69 Å². The molecule has 1 aliphatic heterocycles. The summed E-state index contributed by atoms with van der Waals surface area (Å²) in [6.45, 7) is 2.84. The molecular weight excluding hydrogens is 363 g/mol. The van der Waals surface area contributed by atoms with Gasteiger partial charge >= 0.3 is 0 Å². The average Bonchev–Trinajstić information content (AvgIpc) is 3.25. The summed E-state index contributed by atoms with van der Waals surface area (Å²) in [6.07, 6.45) is 2.78. The molecule has 128 valence electrons. The van der Waals surface area contributed by atoms with Gasteiger partial charge in [0.05, 0.1) is 22.5 Å². The van der Waals surface area contributed by atoms with E-state index in [0.717, 1.165) is 18.7 Å². The van der Waals surface area contributed by atoms with Crippen LogP contribution >= 0.6 is 34.5 Å². The minimum absolute atomic E-state index is 0.00846. The Balaban J connectivity index is 1.59. The molecule has 1 saturated heterocycles. The summed E-state index contributed by atoms with van der Waals surface area (Å²) in [5.74, 6) is 0.00846. The molecule has 2 heterocycles. The highest BCUT2D eigenvalue weighted by Crippen LogP contribution is 2.28. The molecule has 1 amide bonds. The molecule has 3 rings (SSSR count). The van der Waals surface area contributed by atoms with Crippen molar-refractivity contribution < 1.29 is 4.79 Å². The number of nitrogens with zero attached hydrogens (tertiary/aromatic N) is 1. The molecule has 1 aromatic carbocycles. The summed E-state index contributed by atoms with van der Waals surface area (Å²) >= 11 is 13.7. The van der Waals surface area contributed by atoms with Crippen molar-refractivity contribution >= 4 is 40.4 Å². The maximum Gasteiger partial charge on any atom is 0.224 e. The van der Waals surface area contributed by atoms with Crippen molar-refractivity contribution in [1.82, 2.24) is 10.2 Å². The van der Waals surface area contributed by atoms with Gasteiger partial charge in [0.15, 0.2) is 0 Å². The Labute approximate surface area is 156 Å². The highest BCUT2D eigenvalue weighted by atomic mass is 35.5. The maximum atomic E-state index is 12.3. The Bertz CT molecular complexity index is 684. The first-order valence-electron chi connectivity index (χ1n) is 8.11. The van der Waals surface area contributed by atoms with Gasteiger partial charge in [0.2, 0.25) is 5.91 Å². The van der Waals surface area contributed by atoms with Gasteiger partial charge in [-0.05, 0) is 55.1 Å². The molecule has 0 bridgehead atoms. The zero-order valence-corrected chi connectivity index (χ0v) is 15.6. The number of likely N-dealkylation sites (tertiary alicyclic amines) is 1. The average molecular weight is 383 g/mol. The first-order valence-corrected chi connectivity index (χ1v) is 9.75. The molecule has 0 aliphatic carbocycles. The van der Waals surface area contributed by atoms with Crippen molar-refractivity contribution in [3.8, 4) is 0 Å². The minimum atomic E-state index is 0.00846. The van der Waals surface area contributed by atoms with E-state index >= 15 is 0 Å². The number of amides is 1. The van der Waals surface area contributed by atoms with Crippen LogP contribution in [0, 0.1) is 0 Å². The lowest BCUT2D eigenvalue weighted by Gasteiger charge is -2.27. The van der Waals surface area contributed by atoms with E-state index < -0.39 is 0 Å². The highest BCUT2D eigenvalue weighted by molar-refractivity contribution is 7.10. The normalized spacial score (nSPS) is 16.2. The summed E-state index contributed by atoms with van der Waals surface area (Å²) in [4.78, 5) is 16.1. The third-order valence-corrected chi connectivity index (χ3v) is 6.01. The summed E-state index contributed by atoms with van der Waals surface area (Å²) < 4.78 is 0. The van der Waals surface area contributed by atoms with Gasteiger partial charge in [-0.1, -0.05) is 35.3 Å². The molecule has 0 radical (unpaired) electrons. The van der Waals surface area contributed by atoms with Crippen LogP contribution in [-0.2, 0) is 11.2 Å². The number of rotatable bonds is 6. The molecule has 0 unspecified atom stereocenters. The lowest BCUT2D eigenvalue weighted by atomic mass is 10.1. The van der Waals surface area contributed by atoms with Crippen LogP contribution in [0.4, 0.5) is 0 Å². The quantitative estimate of drug-likeness (QED) is 0.794. The summed E-state index contributed by atoms with van der Waals surface area (Å²) in [7, 11) is 0. The second-order valence-corrected chi connectivity index (χ2v) is 7.80. The monoisotopic (exact) mass is 382 g/mol. The molecule has 3 nitrogen and oxygen atoms in total. The van der Waals surface area contributed by atoms with Crippen LogP contribution in [0.5, 0.6) is 0 Å². The second-order valence-electron chi connectivity index (χ2n) is 6.00. The van der Waals surface area contributed by atoms with Gasteiger partial charge in [0.25, 0.3) is 0 Å². The number of nitrogens with one attached hydrogen (secondary N) is 1. The fourth-order valence-corrected chi connectivity index (χ4v) is 4.23. The molecular formula is C18H20Cl2N2OS. The molecule has 2 aromatic rings. The maximum absolute atomic E-state index is 12.3. The van der Waals surface area contributed by atoms with E-state index in [1.807, 2.05) is 6.07 Å². The predicted molar refractivity (Wildman–Crippen MR) is 101 cm³/mol. The molecule has 1 fully saturated rings. The molecule has 0 saturated carbocycles. The topological polar surface area (TPSA) is 32.3 Å². The third kappa shape index (κ3) is 4.51. The van der Waals surface area contributed by atoms with Crippen molar-refractivity contribution in [3.63, 3.8) is 0 Å². The Morgan fingerprint density at radius 3 is 2.67 bits per heavy atom. The van der Waals surface area contributed by atoms with Crippen molar-refractivity contribution in [2.24, 2.45) is 0 Å². The zero-order chi connectivity index (χ0) is 16.9. The molecule has 6 heteroatoms. The van der Waals surface area contributed by atoms with E-state index in [-0.39, 0.29) is 11.9 Å². The molecule has 1 N–H and O–H groups in total. The summed E-state index contributed by atoms with van der Waals surface area (Å²) in [5.41, 5.74) is 0.871. The first kappa shape index (κ1) is 17.7. The predicted octanol–water partition coefficient (Wildman–Crippen LogP) is 4.55. The smallest absolute Gasteiger partial charge is 0.224 e. The standard InChI is InChI=1S/C18H20Cl2N2OS/c19-14-6-5-13(10-15(14)20)11-18(23)21-12-16(17-4-3-9-24-17)22-7-1-2-8-22/h3-6,9-10,16H,1-2,7-8,11-12H2,(H,21,23)/t16-/m0/s1. The highest BCUT2D eigenvalue weighted by Gasteiger charge is 2.24. The van der Waals surface area contributed by atoms with Crippen LogP contribution in [0.25, 0.3) is 0 Å².